The van der Waals surface area contributed by atoms with E-state index < -0.39 is 0 Å². The number of rotatable bonds is 7. The minimum absolute atomic E-state index is 0.663. The van der Waals surface area contributed by atoms with Crippen molar-refractivity contribution in [1.29, 1.82) is 5.41 Å². The first kappa shape index (κ1) is 18.3. The van der Waals surface area contributed by atoms with E-state index in [-0.39, 0.29) is 0 Å². The van der Waals surface area contributed by atoms with E-state index in [0.29, 0.717) is 5.92 Å². The number of hydrogen-bond acceptors (Lipinski definition) is 4. The van der Waals surface area contributed by atoms with Crippen LogP contribution in [0.3, 0.4) is 0 Å². The Morgan fingerprint density at radius 3 is 2.81 bits per heavy atom. The summed E-state index contributed by atoms with van der Waals surface area (Å²) in [5, 5.41) is 14.6. The summed E-state index contributed by atoms with van der Waals surface area (Å²) in [6.45, 7) is 9.20. The molecule has 0 fully saturated rings. The number of hydrogen-bond donors (Lipinski definition) is 3. The van der Waals surface area contributed by atoms with Crippen LogP contribution in [-0.4, -0.2) is 17.7 Å². The second kappa shape index (κ2) is 8.28. The van der Waals surface area contributed by atoms with Crippen molar-refractivity contribution in [2.45, 2.75) is 40.3 Å². The Labute approximate surface area is 156 Å². The Morgan fingerprint density at radius 1 is 1.23 bits per heavy atom. The topological polar surface area (TPSA) is 60.8 Å². The van der Waals surface area contributed by atoms with Crippen molar-refractivity contribution < 1.29 is 0 Å². The van der Waals surface area contributed by atoms with Gasteiger partial charge in [0.1, 0.15) is 0 Å². The fourth-order valence-electron chi connectivity index (χ4n) is 3.20. The molecule has 1 aromatic carbocycles. The molecule has 0 saturated heterocycles. The molecule has 0 aliphatic carbocycles. The fraction of sp³-hybridized carbons (Fsp3) is 0.364. The predicted octanol–water partition coefficient (Wildman–Crippen LogP) is 4.29. The molecule has 4 heteroatoms. The Balaban J connectivity index is 1.94. The standard InChI is InChI=1S/C22H28N4/c1-15(2)8-9-24-14-20(11-23)21-7-4-16(3)26-22(21)17-5-6-18-12-25-13-19(18)10-17/h4-7,10-11,14-15,23-25H,8-9,12-13H2,1-3H3/b20-14+,23-11?. The third kappa shape index (κ3) is 4.20. The molecule has 2 aromatic rings. The van der Waals surface area contributed by atoms with Crippen LogP contribution in [0.2, 0.25) is 0 Å². The summed E-state index contributed by atoms with van der Waals surface area (Å²) in [6.07, 6.45) is 4.46. The van der Waals surface area contributed by atoms with Gasteiger partial charge in [0, 0.05) is 54.4 Å². The van der Waals surface area contributed by atoms with E-state index >= 15 is 0 Å². The van der Waals surface area contributed by atoms with Crippen LogP contribution < -0.4 is 10.6 Å². The number of pyridine rings is 1. The normalized spacial score (nSPS) is 13.8. The molecule has 0 spiro atoms. The van der Waals surface area contributed by atoms with Gasteiger partial charge in [0.2, 0.25) is 0 Å². The van der Waals surface area contributed by atoms with Crippen LogP contribution >= 0.6 is 0 Å². The molecule has 0 saturated carbocycles. The number of aromatic nitrogens is 1. The highest BCUT2D eigenvalue weighted by atomic mass is 14.9. The zero-order chi connectivity index (χ0) is 18.5. The SMILES string of the molecule is Cc1ccc(/C(C=N)=C/NCCC(C)C)c(-c2ccc3c(c2)CNC3)n1. The van der Waals surface area contributed by atoms with Crippen molar-refractivity contribution in [3.63, 3.8) is 0 Å². The van der Waals surface area contributed by atoms with Crippen LogP contribution in [0.15, 0.2) is 36.5 Å². The highest BCUT2D eigenvalue weighted by Gasteiger charge is 2.15. The van der Waals surface area contributed by atoms with Crippen LogP contribution in [-0.2, 0) is 13.1 Å². The van der Waals surface area contributed by atoms with E-state index in [9.17, 15) is 0 Å². The van der Waals surface area contributed by atoms with Gasteiger partial charge in [-0.2, -0.15) is 0 Å². The van der Waals surface area contributed by atoms with E-state index in [2.05, 4.69) is 48.7 Å². The van der Waals surface area contributed by atoms with Gasteiger partial charge in [-0.1, -0.05) is 32.0 Å². The van der Waals surface area contributed by atoms with Gasteiger partial charge in [-0.15, -0.1) is 0 Å². The molecule has 0 atom stereocenters. The maximum absolute atomic E-state index is 7.88. The summed E-state index contributed by atoms with van der Waals surface area (Å²) in [6, 6.07) is 10.6. The Bertz CT molecular complexity index is 821. The van der Waals surface area contributed by atoms with Crippen molar-refractivity contribution in [3.8, 4) is 11.3 Å². The van der Waals surface area contributed by atoms with E-state index in [0.717, 1.165) is 54.1 Å². The summed E-state index contributed by atoms with van der Waals surface area (Å²) >= 11 is 0. The minimum Gasteiger partial charge on any atom is -0.390 e. The van der Waals surface area contributed by atoms with Crippen LogP contribution in [0.25, 0.3) is 16.8 Å². The second-order valence-corrected chi connectivity index (χ2v) is 7.32. The van der Waals surface area contributed by atoms with E-state index in [1.807, 2.05) is 19.2 Å². The van der Waals surface area contributed by atoms with E-state index in [4.69, 9.17) is 10.4 Å². The van der Waals surface area contributed by atoms with Gasteiger partial charge >= 0.3 is 0 Å². The lowest BCUT2D eigenvalue weighted by molar-refractivity contribution is 0.571. The maximum atomic E-state index is 7.88. The molecular formula is C22H28N4. The Kier molecular flexibility index (Phi) is 5.84. The smallest absolute Gasteiger partial charge is 0.0784 e. The zero-order valence-electron chi connectivity index (χ0n) is 15.9. The molecule has 0 radical (unpaired) electrons. The van der Waals surface area contributed by atoms with E-state index in [1.54, 1.807) is 0 Å². The molecule has 136 valence electrons. The van der Waals surface area contributed by atoms with E-state index in [1.165, 1.54) is 17.3 Å². The number of nitrogens with zero attached hydrogens (tertiary/aromatic N) is 1. The highest BCUT2D eigenvalue weighted by Crippen LogP contribution is 2.29. The molecule has 4 nitrogen and oxygen atoms in total. The third-order valence-electron chi connectivity index (χ3n) is 4.74. The Hall–Kier alpha value is -2.46. The number of allylic oxidation sites excluding steroid dienone is 1. The number of fused-ring (bicyclic) bond motifs is 1. The predicted molar refractivity (Wildman–Crippen MR) is 109 cm³/mol. The first-order valence-corrected chi connectivity index (χ1v) is 9.33. The lowest BCUT2D eigenvalue weighted by atomic mass is 9.97. The van der Waals surface area contributed by atoms with Gasteiger partial charge in [0.05, 0.1) is 5.69 Å². The third-order valence-corrected chi connectivity index (χ3v) is 4.74. The molecule has 0 unspecified atom stereocenters. The lowest BCUT2D eigenvalue weighted by Crippen LogP contribution is -2.11. The monoisotopic (exact) mass is 348 g/mol. The summed E-state index contributed by atoms with van der Waals surface area (Å²) < 4.78 is 0. The summed E-state index contributed by atoms with van der Waals surface area (Å²) in [5.41, 5.74) is 7.59. The number of nitrogens with one attached hydrogen (secondary N) is 3. The van der Waals surface area contributed by atoms with Crippen LogP contribution in [0.1, 0.15) is 42.7 Å². The fourth-order valence-corrected chi connectivity index (χ4v) is 3.20. The van der Waals surface area contributed by atoms with Gasteiger partial charge in [0.25, 0.3) is 0 Å². The maximum Gasteiger partial charge on any atom is 0.0784 e. The average molecular weight is 348 g/mol. The van der Waals surface area contributed by atoms with Gasteiger partial charge < -0.3 is 16.0 Å². The largest absolute Gasteiger partial charge is 0.390 e. The van der Waals surface area contributed by atoms with Gasteiger partial charge in [-0.3, -0.25) is 4.98 Å². The molecule has 1 aliphatic rings. The summed E-state index contributed by atoms with van der Waals surface area (Å²) in [4.78, 5) is 4.80. The van der Waals surface area contributed by atoms with Crippen molar-refractivity contribution in [3.05, 3.63) is 58.9 Å². The summed E-state index contributed by atoms with van der Waals surface area (Å²) in [5.74, 6) is 0.663. The second-order valence-electron chi connectivity index (χ2n) is 7.32. The van der Waals surface area contributed by atoms with Crippen molar-refractivity contribution in [2.24, 2.45) is 5.92 Å². The van der Waals surface area contributed by atoms with Gasteiger partial charge in [-0.05, 0) is 42.5 Å². The number of benzene rings is 1. The Morgan fingerprint density at radius 2 is 2.04 bits per heavy atom. The zero-order valence-corrected chi connectivity index (χ0v) is 15.9. The first-order chi connectivity index (χ1) is 12.6. The molecule has 2 heterocycles. The molecule has 1 aromatic heterocycles. The minimum atomic E-state index is 0.663. The molecule has 3 rings (SSSR count). The highest BCUT2D eigenvalue weighted by molar-refractivity contribution is 6.10. The molecule has 0 amide bonds. The quantitative estimate of drug-likeness (QED) is 0.517. The van der Waals surface area contributed by atoms with Crippen LogP contribution in [0, 0.1) is 18.3 Å². The van der Waals surface area contributed by atoms with Crippen molar-refractivity contribution in [1.82, 2.24) is 15.6 Å². The molecule has 1 aliphatic heterocycles. The van der Waals surface area contributed by atoms with Gasteiger partial charge in [0.15, 0.2) is 0 Å². The van der Waals surface area contributed by atoms with Crippen LogP contribution in [0.5, 0.6) is 0 Å². The molecular weight excluding hydrogens is 320 g/mol. The average Bonchev–Trinajstić information content (AvgIpc) is 3.10. The molecule has 3 N–H and O–H groups in total. The summed E-state index contributed by atoms with van der Waals surface area (Å²) in [7, 11) is 0. The van der Waals surface area contributed by atoms with Gasteiger partial charge in [-0.25, -0.2) is 0 Å². The number of aryl methyl sites for hydroxylation is 1. The van der Waals surface area contributed by atoms with Crippen molar-refractivity contribution in [2.75, 3.05) is 6.54 Å². The lowest BCUT2D eigenvalue weighted by Gasteiger charge is -2.13. The van der Waals surface area contributed by atoms with Crippen molar-refractivity contribution >= 4 is 11.8 Å². The molecule has 26 heavy (non-hydrogen) atoms. The van der Waals surface area contributed by atoms with Crippen LogP contribution in [0.4, 0.5) is 0 Å². The first-order valence-electron chi connectivity index (χ1n) is 9.33. The molecule has 0 bridgehead atoms.